The Morgan fingerprint density at radius 3 is 2.56 bits per heavy atom. The van der Waals surface area contributed by atoms with Crippen LogP contribution < -0.4 is 5.32 Å². The Hall–Kier alpha value is -1.81. The quantitative estimate of drug-likeness (QED) is 0.806. The van der Waals surface area contributed by atoms with Gasteiger partial charge in [-0.2, -0.15) is 0 Å². The highest BCUT2D eigenvalue weighted by Crippen LogP contribution is 2.13. The second-order valence-corrected chi connectivity index (χ2v) is 3.56. The van der Waals surface area contributed by atoms with Crippen molar-refractivity contribution in [3.63, 3.8) is 0 Å². The lowest BCUT2D eigenvalue weighted by atomic mass is 10.3. The number of rotatable bonds is 2. The van der Waals surface area contributed by atoms with Gasteiger partial charge >= 0.3 is 0 Å². The van der Waals surface area contributed by atoms with Crippen LogP contribution in [0.4, 0.5) is 10.1 Å². The van der Waals surface area contributed by atoms with Crippen molar-refractivity contribution in [1.29, 1.82) is 0 Å². The van der Waals surface area contributed by atoms with Crippen LogP contribution in [0.1, 0.15) is 5.69 Å². The Kier molecular flexibility index (Phi) is 3.22. The molecule has 0 aliphatic carbocycles. The first kappa shape index (κ1) is 10.7. The molecule has 0 saturated heterocycles. The topological polar surface area (TPSA) is 24.9 Å². The van der Waals surface area contributed by atoms with E-state index in [9.17, 15) is 4.39 Å². The molecule has 2 nitrogen and oxygen atoms in total. The van der Waals surface area contributed by atoms with Crippen molar-refractivity contribution >= 4 is 22.9 Å². The molecule has 0 bridgehead atoms. The number of thiocarbonyl (C=S) groups is 1. The predicted octanol–water partition coefficient (Wildman–Crippen LogP) is 3.01. The zero-order valence-electron chi connectivity index (χ0n) is 8.35. The molecule has 2 rings (SSSR count). The fourth-order valence-corrected chi connectivity index (χ4v) is 1.48. The fraction of sp³-hybridized carbons (Fsp3) is 0. The molecular weight excluding hydrogens is 223 g/mol. The summed E-state index contributed by atoms with van der Waals surface area (Å²) in [5, 5.41) is 2.82. The molecule has 1 N–H and O–H groups in total. The summed E-state index contributed by atoms with van der Waals surface area (Å²) in [5.41, 5.74) is 0.985. The summed E-state index contributed by atoms with van der Waals surface area (Å²) in [6.07, 6.45) is 1.64. The van der Waals surface area contributed by atoms with Crippen LogP contribution in [0.3, 0.4) is 0 Å². The Labute approximate surface area is 98.1 Å². The van der Waals surface area contributed by atoms with Crippen molar-refractivity contribution in [2.45, 2.75) is 0 Å². The van der Waals surface area contributed by atoms with Crippen molar-refractivity contribution in [2.75, 3.05) is 5.32 Å². The first-order valence-electron chi connectivity index (χ1n) is 4.74. The molecule has 1 aromatic carbocycles. The number of nitrogens with zero attached hydrogens (tertiary/aromatic N) is 1. The number of anilines is 1. The average molecular weight is 232 g/mol. The minimum Gasteiger partial charge on any atom is -0.342 e. The highest BCUT2D eigenvalue weighted by Gasteiger charge is 2.05. The number of hydrogen-bond acceptors (Lipinski definition) is 2. The van der Waals surface area contributed by atoms with E-state index in [0.29, 0.717) is 16.4 Å². The number of hydrogen-bond donors (Lipinski definition) is 1. The third-order valence-corrected chi connectivity index (χ3v) is 2.33. The minimum absolute atomic E-state index is 0.333. The lowest BCUT2D eigenvalue weighted by molar-refractivity contribution is 0.632. The highest BCUT2D eigenvalue weighted by atomic mass is 32.1. The molecule has 0 aliphatic heterocycles. The van der Waals surface area contributed by atoms with E-state index in [2.05, 4.69) is 10.3 Å². The maximum absolute atomic E-state index is 13.3. The summed E-state index contributed by atoms with van der Waals surface area (Å²) in [6.45, 7) is 0. The molecule has 16 heavy (non-hydrogen) atoms. The molecule has 0 spiro atoms. The van der Waals surface area contributed by atoms with Gasteiger partial charge in [-0.05, 0) is 24.3 Å². The van der Waals surface area contributed by atoms with Gasteiger partial charge in [0, 0.05) is 6.20 Å². The van der Waals surface area contributed by atoms with Gasteiger partial charge in [-0.1, -0.05) is 30.4 Å². The van der Waals surface area contributed by atoms with E-state index < -0.39 is 0 Å². The van der Waals surface area contributed by atoms with E-state index in [1.807, 2.05) is 6.07 Å². The molecular formula is C12H9FN2S. The van der Waals surface area contributed by atoms with Crippen molar-refractivity contribution in [1.82, 2.24) is 4.98 Å². The molecule has 0 saturated carbocycles. The van der Waals surface area contributed by atoms with Crippen LogP contribution in [-0.4, -0.2) is 9.97 Å². The Morgan fingerprint density at radius 1 is 1.12 bits per heavy atom. The van der Waals surface area contributed by atoms with Crippen LogP contribution in [0.5, 0.6) is 0 Å². The molecule has 0 radical (unpaired) electrons. The van der Waals surface area contributed by atoms with Crippen molar-refractivity contribution < 1.29 is 4.39 Å². The summed E-state index contributed by atoms with van der Waals surface area (Å²) in [4.78, 5) is 4.49. The van der Waals surface area contributed by atoms with E-state index in [-0.39, 0.29) is 5.82 Å². The van der Waals surface area contributed by atoms with E-state index in [4.69, 9.17) is 12.2 Å². The third kappa shape index (κ3) is 2.41. The zero-order chi connectivity index (χ0) is 11.4. The fourth-order valence-electron chi connectivity index (χ4n) is 1.25. The summed E-state index contributed by atoms with van der Waals surface area (Å²) in [5.74, 6) is -0.333. The second kappa shape index (κ2) is 4.81. The molecule has 1 aromatic heterocycles. The molecule has 0 unspecified atom stereocenters. The maximum Gasteiger partial charge on any atom is 0.146 e. The SMILES string of the molecule is Fc1ccccc1NC(=S)c1ccccn1. The van der Waals surface area contributed by atoms with Crippen molar-refractivity contribution in [2.24, 2.45) is 0 Å². The van der Waals surface area contributed by atoms with Gasteiger partial charge < -0.3 is 5.32 Å². The van der Waals surface area contributed by atoms with Gasteiger partial charge in [0.15, 0.2) is 0 Å². The Balaban J connectivity index is 2.18. The largest absolute Gasteiger partial charge is 0.342 e. The summed E-state index contributed by atoms with van der Waals surface area (Å²) in [7, 11) is 0. The lowest BCUT2D eigenvalue weighted by Gasteiger charge is -2.07. The number of aromatic nitrogens is 1. The molecule has 0 amide bonds. The first-order chi connectivity index (χ1) is 7.77. The number of nitrogens with one attached hydrogen (secondary N) is 1. The van der Waals surface area contributed by atoms with E-state index in [0.717, 1.165) is 0 Å². The predicted molar refractivity (Wildman–Crippen MR) is 66.0 cm³/mol. The summed E-state index contributed by atoms with van der Waals surface area (Å²) >= 11 is 5.12. The number of halogens is 1. The zero-order valence-corrected chi connectivity index (χ0v) is 9.17. The molecule has 80 valence electrons. The van der Waals surface area contributed by atoms with Crippen LogP contribution in [0.2, 0.25) is 0 Å². The van der Waals surface area contributed by atoms with Gasteiger partial charge in [0.1, 0.15) is 10.8 Å². The van der Waals surface area contributed by atoms with Gasteiger partial charge in [-0.25, -0.2) is 4.39 Å². The second-order valence-electron chi connectivity index (χ2n) is 3.15. The lowest BCUT2D eigenvalue weighted by Crippen LogP contribution is -2.12. The number of pyridine rings is 1. The molecule has 0 aliphatic rings. The molecule has 0 fully saturated rings. The van der Waals surface area contributed by atoms with Crippen LogP contribution >= 0.6 is 12.2 Å². The van der Waals surface area contributed by atoms with Crippen LogP contribution in [-0.2, 0) is 0 Å². The van der Waals surface area contributed by atoms with E-state index in [1.165, 1.54) is 6.07 Å². The highest BCUT2D eigenvalue weighted by molar-refractivity contribution is 7.81. The summed E-state index contributed by atoms with van der Waals surface area (Å²) < 4.78 is 13.3. The molecule has 1 heterocycles. The monoisotopic (exact) mass is 232 g/mol. The Bertz CT molecular complexity index is 499. The van der Waals surface area contributed by atoms with Gasteiger partial charge in [0.25, 0.3) is 0 Å². The molecule has 0 atom stereocenters. The minimum atomic E-state index is -0.333. The van der Waals surface area contributed by atoms with Crippen molar-refractivity contribution in [3.8, 4) is 0 Å². The van der Waals surface area contributed by atoms with Gasteiger partial charge in [0.05, 0.1) is 11.4 Å². The van der Waals surface area contributed by atoms with E-state index in [1.54, 1.807) is 36.5 Å². The van der Waals surface area contributed by atoms with Crippen LogP contribution in [0, 0.1) is 5.82 Å². The average Bonchev–Trinajstić information content (AvgIpc) is 2.33. The molecule has 4 heteroatoms. The standard InChI is InChI=1S/C12H9FN2S/c13-9-5-1-2-6-10(9)15-12(16)11-7-3-4-8-14-11/h1-8H,(H,15,16). The Morgan fingerprint density at radius 2 is 1.88 bits per heavy atom. The van der Waals surface area contributed by atoms with Gasteiger partial charge in [-0.3, -0.25) is 4.98 Å². The smallest absolute Gasteiger partial charge is 0.146 e. The van der Waals surface area contributed by atoms with E-state index >= 15 is 0 Å². The van der Waals surface area contributed by atoms with Gasteiger partial charge in [-0.15, -0.1) is 0 Å². The number of benzene rings is 1. The van der Waals surface area contributed by atoms with Gasteiger partial charge in [0.2, 0.25) is 0 Å². The normalized spacial score (nSPS) is 9.81. The van der Waals surface area contributed by atoms with Crippen molar-refractivity contribution in [3.05, 3.63) is 60.2 Å². The third-order valence-electron chi connectivity index (χ3n) is 2.02. The maximum atomic E-state index is 13.3. The molecule has 2 aromatic rings. The van der Waals surface area contributed by atoms with Crippen LogP contribution in [0.25, 0.3) is 0 Å². The first-order valence-corrected chi connectivity index (χ1v) is 5.15. The number of para-hydroxylation sites is 1. The summed E-state index contributed by atoms with van der Waals surface area (Å²) in [6, 6.07) is 11.8. The van der Waals surface area contributed by atoms with Crippen LogP contribution in [0.15, 0.2) is 48.7 Å².